The molecule has 0 aromatic heterocycles. The molecule has 1 N–H and O–H groups in total. The Morgan fingerprint density at radius 1 is 1.18 bits per heavy atom. The fraction of sp³-hybridized carbons (Fsp3) is 0.800. The predicted octanol–water partition coefficient (Wildman–Crippen LogP) is 0.737. The summed E-state index contributed by atoms with van der Waals surface area (Å²) in [5.74, 6) is -2.58. The molecule has 1 saturated heterocycles. The molecule has 0 aromatic rings. The van der Waals surface area contributed by atoms with Gasteiger partial charge in [0.05, 0.1) is 13.1 Å². The fourth-order valence-corrected chi connectivity index (χ4v) is 1.61. The van der Waals surface area contributed by atoms with Gasteiger partial charge in [-0.3, -0.25) is 9.59 Å². The number of hydrogen-bond acceptors (Lipinski definition) is 3. The van der Waals surface area contributed by atoms with Crippen LogP contribution < -0.4 is 0 Å². The Kier molecular flexibility index (Phi) is 3.03. The van der Waals surface area contributed by atoms with Gasteiger partial charge in [-0.05, 0) is 0 Å². The minimum absolute atomic E-state index is 0.392. The number of Topliss-reactive ketones (excluding diaryl/α,β-unsaturated/α-hetero) is 1. The number of carbonyl (C=O) groups excluding carboxylic acids is 2. The lowest BCUT2D eigenvalue weighted by atomic mass is 9.85. The standard InChI is InChI=1S/C10H14F3NO3/c1-8(2,3)7(16)14-4-9(17,5-14)6(15)10(11,12)13/h17H,4-5H2,1-3H3. The van der Waals surface area contributed by atoms with Gasteiger partial charge in [-0.15, -0.1) is 0 Å². The largest absolute Gasteiger partial charge is 0.453 e. The van der Waals surface area contributed by atoms with Gasteiger partial charge in [-0.25, -0.2) is 0 Å². The van der Waals surface area contributed by atoms with Crippen LogP contribution in [0.1, 0.15) is 20.8 Å². The molecule has 1 rings (SSSR count). The number of amides is 1. The van der Waals surface area contributed by atoms with Crippen LogP contribution in [0.25, 0.3) is 0 Å². The fourth-order valence-electron chi connectivity index (χ4n) is 1.61. The summed E-state index contributed by atoms with van der Waals surface area (Å²) in [7, 11) is 0. The van der Waals surface area contributed by atoms with Gasteiger partial charge in [-0.2, -0.15) is 13.2 Å². The van der Waals surface area contributed by atoms with E-state index in [4.69, 9.17) is 0 Å². The summed E-state index contributed by atoms with van der Waals surface area (Å²) in [6.07, 6.45) is -5.08. The van der Waals surface area contributed by atoms with E-state index in [0.717, 1.165) is 4.90 Å². The summed E-state index contributed by atoms with van der Waals surface area (Å²) < 4.78 is 36.3. The van der Waals surface area contributed by atoms with Crippen molar-refractivity contribution in [2.24, 2.45) is 5.41 Å². The monoisotopic (exact) mass is 253 g/mol. The second-order valence-electron chi connectivity index (χ2n) is 5.27. The normalized spacial score (nSPS) is 19.8. The summed E-state index contributed by atoms with van der Waals surface area (Å²) in [5, 5.41) is 9.44. The van der Waals surface area contributed by atoms with Crippen LogP contribution in [-0.4, -0.2) is 46.6 Å². The van der Waals surface area contributed by atoms with Gasteiger partial charge in [0, 0.05) is 5.41 Å². The zero-order valence-corrected chi connectivity index (χ0v) is 9.76. The molecule has 17 heavy (non-hydrogen) atoms. The van der Waals surface area contributed by atoms with Gasteiger partial charge >= 0.3 is 6.18 Å². The molecule has 1 amide bonds. The van der Waals surface area contributed by atoms with Gasteiger partial charge in [0.15, 0.2) is 5.60 Å². The second kappa shape index (κ2) is 3.69. The van der Waals surface area contributed by atoms with E-state index in [2.05, 4.69) is 0 Å². The van der Waals surface area contributed by atoms with Crippen molar-refractivity contribution in [3.63, 3.8) is 0 Å². The van der Waals surface area contributed by atoms with Crippen molar-refractivity contribution >= 4 is 11.7 Å². The molecular weight excluding hydrogens is 239 g/mol. The van der Waals surface area contributed by atoms with E-state index in [-0.39, 0.29) is 0 Å². The maximum atomic E-state index is 12.1. The second-order valence-corrected chi connectivity index (χ2v) is 5.27. The molecule has 1 heterocycles. The highest BCUT2D eigenvalue weighted by Gasteiger charge is 2.59. The van der Waals surface area contributed by atoms with Crippen molar-refractivity contribution < 1.29 is 27.9 Å². The van der Waals surface area contributed by atoms with Gasteiger partial charge < -0.3 is 10.0 Å². The number of β-amino-alcohol motifs (C(OH)–C–C–N with tert-alkyl or cyclic N) is 1. The molecule has 0 aromatic carbocycles. The van der Waals surface area contributed by atoms with Crippen molar-refractivity contribution in [1.82, 2.24) is 4.90 Å². The van der Waals surface area contributed by atoms with Gasteiger partial charge in [0.2, 0.25) is 5.91 Å². The third-order valence-electron chi connectivity index (χ3n) is 2.51. The van der Waals surface area contributed by atoms with Crippen LogP contribution >= 0.6 is 0 Å². The topological polar surface area (TPSA) is 57.6 Å². The van der Waals surface area contributed by atoms with Crippen molar-refractivity contribution in [2.45, 2.75) is 32.5 Å². The number of carbonyl (C=O) groups is 2. The van der Waals surface area contributed by atoms with Gasteiger partial charge in [-0.1, -0.05) is 20.8 Å². The maximum Gasteiger partial charge on any atom is 0.453 e. The number of ketones is 1. The lowest BCUT2D eigenvalue weighted by molar-refractivity contribution is -0.206. The molecular formula is C10H14F3NO3. The molecule has 0 bridgehead atoms. The first kappa shape index (κ1) is 14.0. The molecule has 1 fully saturated rings. The van der Waals surface area contributed by atoms with E-state index in [1.807, 2.05) is 0 Å². The minimum atomic E-state index is -5.08. The van der Waals surface area contributed by atoms with E-state index in [1.54, 1.807) is 20.8 Å². The lowest BCUT2D eigenvalue weighted by Crippen LogP contribution is -2.70. The van der Waals surface area contributed by atoms with Crippen LogP contribution in [0.5, 0.6) is 0 Å². The highest BCUT2D eigenvalue weighted by atomic mass is 19.4. The first-order valence-corrected chi connectivity index (χ1v) is 5.01. The van der Waals surface area contributed by atoms with Crippen molar-refractivity contribution in [2.75, 3.05) is 13.1 Å². The first-order chi connectivity index (χ1) is 7.38. The Balaban J connectivity index is 2.68. The van der Waals surface area contributed by atoms with E-state index in [0.29, 0.717) is 0 Å². The molecule has 0 radical (unpaired) electrons. The lowest BCUT2D eigenvalue weighted by Gasteiger charge is -2.47. The number of rotatable bonds is 1. The molecule has 98 valence electrons. The number of nitrogens with zero attached hydrogens (tertiary/aromatic N) is 1. The average molecular weight is 253 g/mol. The van der Waals surface area contributed by atoms with Crippen LogP contribution in [0.2, 0.25) is 0 Å². The highest BCUT2D eigenvalue weighted by molar-refractivity contribution is 5.95. The van der Waals surface area contributed by atoms with Crippen LogP contribution in [0.15, 0.2) is 0 Å². The summed E-state index contributed by atoms with van der Waals surface area (Å²) in [6.45, 7) is 3.64. The summed E-state index contributed by atoms with van der Waals surface area (Å²) >= 11 is 0. The molecule has 0 saturated carbocycles. The van der Waals surface area contributed by atoms with Gasteiger partial charge in [0.25, 0.3) is 5.78 Å². The number of hydrogen-bond donors (Lipinski definition) is 1. The summed E-state index contributed by atoms with van der Waals surface area (Å²) in [4.78, 5) is 23.5. The number of aliphatic hydroxyl groups is 1. The van der Waals surface area contributed by atoms with Crippen molar-refractivity contribution in [1.29, 1.82) is 0 Å². The van der Waals surface area contributed by atoms with Crippen molar-refractivity contribution in [3.8, 4) is 0 Å². The smallest absolute Gasteiger partial charge is 0.378 e. The van der Waals surface area contributed by atoms with E-state index in [1.165, 1.54) is 0 Å². The maximum absolute atomic E-state index is 12.1. The summed E-state index contributed by atoms with van der Waals surface area (Å²) in [6, 6.07) is 0. The Hall–Kier alpha value is -1.11. The van der Waals surface area contributed by atoms with Crippen LogP contribution in [-0.2, 0) is 9.59 Å². The van der Waals surface area contributed by atoms with Crippen LogP contribution in [0, 0.1) is 5.41 Å². The molecule has 7 heteroatoms. The Morgan fingerprint density at radius 3 is 1.88 bits per heavy atom. The molecule has 1 aliphatic rings. The summed E-state index contributed by atoms with van der Waals surface area (Å²) in [5.41, 5.74) is -3.22. The Bertz CT molecular complexity index is 351. The van der Waals surface area contributed by atoms with Gasteiger partial charge in [0.1, 0.15) is 0 Å². The molecule has 1 aliphatic heterocycles. The van der Waals surface area contributed by atoms with Crippen molar-refractivity contribution in [3.05, 3.63) is 0 Å². The zero-order chi connectivity index (χ0) is 13.6. The molecule has 0 spiro atoms. The predicted molar refractivity (Wildman–Crippen MR) is 52.0 cm³/mol. The SMILES string of the molecule is CC(C)(C)C(=O)N1CC(O)(C(=O)C(F)(F)F)C1. The molecule has 4 nitrogen and oxygen atoms in total. The Morgan fingerprint density at radius 2 is 1.59 bits per heavy atom. The minimum Gasteiger partial charge on any atom is -0.378 e. The Labute approximate surface area is 96.4 Å². The molecule has 0 unspecified atom stereocenters. The molecule has 0 aliphatic carbocycles. The van der Waals surface area contributed by atoms with E-state index in [9.17, 15) is 27.9 Å². The number of alkyl halides is 3. The van der Waals surface area contributed by atoms with E-state index < -0.39 is 42.0 Å². The van der Waals surface area contributed by atoms with Crippen LogP contribution in [0.4, 0.5) is 13.2 Å². The van der Waals surface area contributed by atoms with Crippen LogP contribution in [0.3, 0.4) is 0 Å². The average Bonchev–Trinajstić information content (AvgIpc) is 2.07. The number of likely N-dealkylation sites (tertiary alicyclic amines) is 1. The first-order valence-electron chi connectivity index (χ1n) is 5.01. The molecule has 0 atom stereocenters. The quantitative estimate of drug-likeness (QED) is 0.749. The van der Waals surface area contributed by atoms with E-state index >= 15 is 0 Å². The third kappa shape index (κ3) is 2.59. The number of halogens is 3. The highest BCUT2D eigenvalue weighted by Crippen LogP contribution is 2.33. The third-order valence-corrected chi connectivity index (χ3v) is 2.51. The zero-order valence-electron chi connectivity index (χ0n) is 9.76.